The number of benzene rings is 2. The highest BCUT2D eigenvalue weighted by Gasteiger charge is 2.09. The molecule has 0 saturated heterocycles. The molecule has 4 rings (SSSR count). The molecule has 0 radical (unpaired) electrons. The summed E-state index contributed by atoms with van der Waals surface area (Å²) in [6.07, 6.45) is 15.2. The summed E-state index contributed by atoms with van der Waals surface area (Å²) >= 11 is 3.59. The van der Waals surface area contributed by atoms with Gasteiger partial charge in [-0.2, -0.15) is 0 Å². The van der Waals surface area contributed by atoms with E-state index >= 15 is 0 Å². The molecule has 4 heteroatoms. The molecule has 0 spiro atoms. The van der Waals surface area contributed by atoms with Crippen molar-refractivity contribution >= 4 is 22.7 Å². The molecule has 0 N–H and O–H groups in total. The van der Waals surface area contributed by atoms with E-state index < -0.39 is 0 Å². The standard InChI is InChI=1S/C36H30O2S2/c1-3-5-7-9-11-13-27-37-31-19-15-29(16-20-31)33-23-25-35(39-33)36-26-24-34(40-36)30-17-21-32(22-18-30)38-28-14-12-10-8-6-4-2/h1,15-26H,4,6,8,10,12,14,28H2,2H3. The lowest BCUT2D eigenvalue weighted by Gasteiger charge is -2.07. The molecule has 0 atom stereocenters. The van der Waals surface area contributed by atoms with Gasteiger partial charge in [-0.25, -0.2) is 0 Å². The summed E-state index contributed by atoms with van der Waals surface area (Å²) in [6, 6.07) is 25.1. The largest absolute Gasteiger partial charge is 0.494 e. The lowest BCUT2D eigenvalue weighted by Crippen LogP contribution is -1.97. The number of hydrogen-bond donors (Lipinski definition) is 0. The van der Waals surface area contributed by atoms with Gasteiger partial charge in [-0.15, -0.1) is 29.1 Å². The van der Waals surface area contributed by atoms with Gasteiger partial charge >= 0.3 is 0 Å². The molecule has 2 nitrogen and oxygen atoms in total. The molecule has 40 heavy (non-hydrogen) atoms. The molecule has 2 aromatic heterocycles. The highest BCUT2D eigenvalue weighted by atomic mass is 32.1. The van der Waals surface area contributed by atoms with Gasteiger partial charge in [0.1, 0.15) is 17.6 Å². The van der Waals surface area contributed by atoms with E-state index in [0.717, 1.165) is 24.3 Å². The molecule has 4 aromatic rings. The Bertz CT molecular complexity index is 1600. The van der Waals surface area contributed by atoms with Gasteiger partial charge in [-0.3, -0.25) is 0 Å². The molecule has 0 aliphatic heterocycles. The second kappa shape index (κ2) is 15.9. The Kier molecular flexibility index (Phi) is 11.4. The average Bonchev–Trinajstić information content (AvgIpc) is 3.68. The van der Waals surface area contributed by atoms with Gasteiger partial charge in [0.05, 0.1) is 6.61 Å². The van der Waals surface area contributed by atoms with Crippen molar-refractivity contribution < 1.29 is 9.47 Å². The van der Waals surface area contributed by atoms with Crippen molar-refractivity contribution in [2.75, 3.05) is 6.61 Å². The Balaban J connectivity index is 1.30. The van der Waals surface area contributed by atoms with Crippen LogP contribution in [-0.2, 0) is 0 Å². The van der Waals surface area contributed by atoms with Crippen molar-refractivity contribution in [1.29, 1.82) is 0 Å². The minimum Gasteiger partial charge on any atom is -0.494 e. The molecule has 2 aromatic carbocycles. The number of unbranched alkanes of at least 4 members (excludes halogenated alkanes) is 5. The summed E-state index contributed by atoms with van der Waals surface area (Å²) < 4.78 is 11.4. The van der Waals surface area contributed by atoms with Crippen LogP contribution < -0.4 is 9.47 Å². The van der Waals surface area contributed by atoms with Crippen LogP contribution >= 0.6 is 22.7 Å². The van der Waals surface area contributed by atoms with Crippen LogP contribution in [0.25, 0.3) is 30.6 Å². The molecule has 2 heterocycles. The highest BCUT2D eigenvalue weighted by Crippen LogP contribution is 2.40. The van der Waals surface area contributed by atoms with E-state index in [1.807, 2.05) is 35.6 Å². The van der Waals surface area contributed by atoms with E-state index in [-0.39, 0.29) is 0 Å². The minimum atomic E-state index is 0.659. The molecule has 0 saturated carbocycles. The SMILES string of the molecule is C#CC#CC#CC#COc1ccc(-c2ccc(-c3ccc(-c4ccc(OCCCCCCCC)cc4)s3)s2)cc1. The Morgan fingerprint density at radius 3 is 1.73 bits per heavy atom. The second-order valence-electron chi connectivity index (χ2n) is 8.97. The van der Waals surface area contributed by atoms with Crippen molar-refractivity contribution in [2.45, 2.75) is 45.4 Å². The van der Waals surface area contributed by atoms with Crippen molar-refractivity contribution in [2.24, 2.45) is 0 Å². The van der Waals surface area contributed by atoms with Crippen LogP contribution in [0.3, 0.4) is 0 Å². The van der Waals surface area contributed by atoms with E-state index in [1.165, 1.54) is 57.2 Å². The zero-order valence-electron chi connectivity index (χ0n) is 22.6. The Morgan fingerprint density at radius 1 is 0.575 bits per heavy atom. The summed E-state index contributed by atoms with van der Waals surface area (Å²) in [6.45, 7) is 3.04. The van der Waals surface area contributed by atoms with Crippen molar-refractivity contribution in [3.05, 3.63) is 72.8 Å². The Morgan fingerprint density at radius 2 is 1.10 bits per heavy atom. The first kappa shape index (κ1) is 28.7. The summed E-state index contributed by atoms with van der Waals surface area (Å²) in [7, 11) is 0. The van der Waals surface area contributed by atoms with Crippen LogP contribution in [0.1, 0.15) is 45.4 Å². The maximum absolute atomic E-state index is 5.95. The molecule has 0 bridgehead atoms. The number of terminal acetylenes is 1. The number of thiophene rings is 2. The third-order valence-corrected chi connectivity index (χ3v) is 8.51. The summed E-state index contributed by atoms with van der Waals surface area (Å²) in [5, 5.41) is 0. The Hall–Kier alpha value is -4.32. The highest BCUT2D eigenvalue weighted by molar-refractivity contribution is 7.25. The summed E-state index contributed by atoms with van der Waals surface area (Å²) in [5.41, 5.74) is 2.35. The third kappa shape index (κ3) is 8.87. The predicted octanol–water partition coefficient (Wildman–Crippen LogP) is 9.53. The quantitative estimate of drug-likeness (QED) is 0.127. The van der Waals surface area contributed by atoms with Crippen LogP contribution in [-0.4, -0.2) is 6.61 Å². The van der Waals surface area contributed by atoms with E-state index in [1.54, 1.807) is 11.3 Å². The predicted molar refractivity (Wildman–Crippen MR) is 170 cm³/mol. The summed E-state index contributed by atoms with van der Waals surface area (Å²) in [4.78, 5) is 4.97. The van der Waals surface area contributed by atoms with Crippen molar-refractivity contribution in [1.82, 2.24) is 0 Å². The number of hydrogen-bond acceptors (Lipinski definition) is 4. The molecule has 198 valence electrons. The van der Waals surface area contributed by atoms with Gasteiger partial charge in [0, 0.05) is 37.3 Å². The third-order valence-electron chi connectivity index (χ3n) is 6.04. The Labute approximate surface area is 246 Å². The maximum Gasteiger partial charge on any atom is 0.140 e. The first-order valence-electron chi connectivity index (χ1n) is 13.4. The lowest BCUT2D eigenvalue weighted by molar-refractivity contribution is 0.304. The maximum atomic E-state index is 5.95. The van der Waals surface area contributed by atoms with Crippen LogP contribution in [0.4, 0.5) is 0 Å². The first-order chi connectivity index (χ1) is 19.8. The van der Waals surface area contributed by atoms with Gasteiger partial charge in [0.2, 0.25) is 0 Å². The van der Waals surface area contributed by atoms with E-state index in [4.69, 9.17) is 15.9 Å². The summed E-state index contributed by atoms with van der Waals surface area (Å²) in [5.74, 6) is 16.4. The second-order valence-corrected chi connectivity index (χ2v) is 11.1. The minimum absolute atomic E-state index is 0.659. The number of rotatable bonds is 12. The molecule has 0 fully saturated rings. The fraction of sp³-hybridized carbons (Fsp3) is 0.222. The molecule has 0 amide bonds. The van der Waals surface area contributed by atoms with Gasteiger partial charge in [0.15, 0.2) is 0 Å². The van der Waals surface area contributed by atoms with Crippen molar-refractivity contribution in [3.8, 4) is 90.2 Å². The van der Waals surface area contributed by atoms with Gasteiger partial charge < -0.3 is 9.47 Å². The normalized spacial score (nSPS) is 9.70. The molecule has 0 aliphatic carbocycles. The van der Waals surface area contributed by atoms with Crippen molar-refractivity contribution in [3.63, 3.8) is 0 Å². The topological polar surface area (TPSA) is 18.5 Å². The first-order valence-corrected chi connectivity index (χ1v) is 15.1. The van der Waals surface area contributed by atoms with Gasteiger partial charge in [-0.05, 0) is 108 Å². The van der Waals surface area contributed by atoms with Gasteiger partial charge in [0.25, 0.3) is 0 Å². The smallest absolute Gasteiger partial charge is 0.140 e. The monoisotopic (exact) mass is 558 g/mol. The molecular weight excluding hydrogens is 529 g/mol. The molecule has 0 unspecified atom stereocenters. The fourth-order valence-corrected chi connectivity index (χ4v) is 6.08. The fourth-order valence-electron chi connectivity index (χ4n) is 3.97. The van der Waals surface area contributed by atoms with Crippen LogP contribution in [0.5, 0.6) is 11.5 Å². The molecule has 0 aliphatic rings. The van der Waals surface area contributed by atoms with Crippen LogP contribution in [0, 0.1) is 48.1 Å². The number of ether oxygens (including phenoxy) is 2. The van der Waals surface area contributed by atoms with E-state index in [2.05, 4.69) is 97.1 Å². The van der Waals surface area contributed by atoms with Crippen LogP contribution in [0.15, 0.2) is 72.8 Å². The zero-order valence-corrected chi connectivity index (χ0v) is 24.2. The van der Waals surface area contributed by atoms with E-state index in [0.29, 0.717) is 5.75 Å². The zero-order chi connectivity index (χ0) is 27.8. The lowest BCUT2D eigenvalue weighted by atomic mass is 10.1. The van der Waals surface area contributed by atoms with Gasteiger partial charge in [-0.1, -0.05) is 39.0 Å². The van der Waals surface area contributed by atoms with E-state index in [9.17, 15) is 0 Å². The average molecular weight is 559 g/mol. The molecular formula is C36H30O2S2. The van der Waals surface area contributed by atoms with Crippen LogP contribution in [0.2, 0.25) is 0 Å².